The van der Waals surface area contributed by atoms with Gasteiger partial charge in [0.1, 0.15) is 6.07 Å². The molecule has 0 fully saturated rings. The Morgan fingerprint density at radius 1 is 1.53 bits per heavy atom. The highest BCUT2D eigenvalue weighted by Gasteiger charge is 2.05. The third kappa shape index (κ3) is 6.97. The second kappa shape index (κ2) is 11.1. The van der Waals surface area contributed by atoms with E-state index in [1.54, 1.807) is 14.0 Å². The number of alkyl halides is 1. The topological polar surface area (TPSA) is 71.4 Å². The molecular formula is C10H18BrN3O. The number of nitriles is 1. The lowest BCUT2D eigenvalue weighted by Crippen LogP contribution is -2.13. The van der Waals surface area contributed by atoms with Gasteiger partial charge in [-0.15, -0.1) is 0 Å². The smallest absolute Gasteiger partial charge is 0.190 e. The Morgan fingerprint density at radius 3 is 2.40 bits per heavy atom. The molecule has 15 heavy (non-hydrogen) atoms. The molecule has 2 N–H and O–H groups in total. The van der Waals surface area contributed by atoms with Gasteiger partial charge in [-0.05, 0) is 6.92 Å². The Bertz CT molecular complexity index is 266. The van der Waals surface area contributed by atoms with Crippen molar-refractivity contribution in [1.82, 2.24) is 0 Å². The Labute approximate surface area is 99.9 Å². The molecule has 0 aliphatic heterocycles. The van der Waals surface area contributed by atoms with Crippen LogP contribution in [0.2, 0.25) is 0 Å². The van der Waals surface area contributed by atoms with Gasteiger partial charge >= 0.3 is 0 Å². The fourth-order valence-electron chi connectivity index (χ4n) is 0.688. The maximum absolute atomic E-state index is 8.26. The molecule has 0 aromatic heterocycles. The quantitative estimate of drug-likeness (QED) is 0.486. The van der Waals surface area contributed by atoms with Crippen molar-refractivity contribution >= 4 is 21.6 Å². The van der Waals surface area contributed by atoms with Gasteiger partial charge < -0.3 is 10.5 Å². The van der Waals surface area contributed by atoms with Gasteiger partial charge in [0, 0.05) is 18.0 Å². The van der Waals surface area contributed by atoms with Crippen molar-refractivity contribution in [3.63, 3.8) is 0 Å². The minimum absolute atomic E-state index is 0.0392. The average molecular weight is 276 g/mol. The van der Waals surface area contributed by atoms with Crippen LogP contribution in [0.4, 0.5) is 0 Å². The fraction of sp³-hybridized carbons (Fsp3) is 0.600. The van der Waals surface area contributed by atoms with Crippen molar-refractivity contribution in [2.45, 2.75) is 20.8 Å². The summed E-state index contributed by atoms with van der Waals surface area (Å²) in [6, 6.07) is 1.84. The predicted molar refractivity (Wildman–Crippen MR) is 67.0 cm³/mol. The maximum atomic E-state index is 8.26. The number of hydrogen-bond acceptors (Lipinski definition) is 4. The second-order valence-corrected chi connectivity index (χ2v) is 2.80. The molecule has 0 bridgehead atoms. The standard InChI is InChI=1S/C8H12BrN3O.C2H6/c1-6(7(5-9)12-2)8(11)13-4-3-10;1-2/h4-5,11H2,1-2H3;1-2H3/b8-6+,12-7?;. The van der Waals surface area contributed by atoms with E-state index >= 15 is 0 Å². The van der Waals surface area contributed by atoms with Crippen molar-refractivity contribution in [3.8, 4) is 6.07 Å². The number of ether oxygens (including phenoxy) is 1. The molecule has 0 saturated heterocycles. The molecule has 0 amide bonds. The average Bonchev–Trinajstić information content (AvgIpc) is 2.30. The Morgan fingerprint density at radius 2 is 2.07 bits per heavy atom. The normalized spacial score (nSPS) is 11.9. The molecule has 5 heteroatoms. The van der Waals surface area contributed by atoms with Crippen LogP contribution < -0.4 is 5.73 Å². The molecule has 0 heterocycles. The third-order valence-corrected chi connectivity index (χ3v) is 2.02. The fourth-order valence-corrected chi connectivity index (χ4v) is 1.36. The van der Waals surface area contributed by atoms with Crippen LogP contribution in [0.25, 0.3) is 0 Å². The van der Waals surface area contributed by atoms with Crippen LogP contribution in [-0.4, -0.2) is 24.7 Å². The molecule has 0 aromatic rings. The minimum Gasteiger partial charge on any atom is -0.464 e. The maximum Gasteiger partial charge on any atom is 0.190 e. The predicted octanol–water partition coefficient (Wildman–Crippen LogP) is 2.21. The summed E-state index contributed by atoms with van der Waals surface area (Å²) in [6.45, 7) is 5.76. The van der Waals surface area contributed by atoms with Gasteiger partial charge in [-0.1, -0.05) is 29.8 Å². The molecule has 0 atom stereocenters. The summed E-state index contributed by atoms with van der Waals surface area (Å²) >= 11 is 3.27. The van der Waals surface area contributed by atoms with Crippen LogP contribution in [0.5, 0.6) is 0 Å². The lowest BCUT2D eigenvalue weighted by atomic mass is 10.2. The number of halogens is 1. The summed E-state index contributed by atoms with van der Waals surface area (Å²) in [7, 11) is 1.68. The van der Waals surface area contributed by atoms with Crippen molar-refractivity contribution < 1.29 is 4.74 Å². The van der Waals surface area contributed by atoms with Crippen molar-refractivity contribution in [2.75, 3.05) is 19.0 Å². The molecule has 0 unspecified atom stereocenters. The van der Waals surface area contributed by atoms with Crippen LogP contribution in [0, 0.1) is 11.3 Å². The Kier molecular flexibility index (Phi) is 12.1. The zero-order valence-electron chi connectivity index (χ0n) is 9.67. The zero-order valence-corrected chi connectivity index (χ0v) is 11.3. The van der Waals surface area contributed by atoms with E-state index in [9.17, 15) is 0 Å². The van der Waals surface area contributed by atoms with E-state index in [0.717, 1.165) is 11.3 Å². The number of nitrogens with two attached hydrogens (primary N) is 1. The van der Waals surface area contributed by atoms with E-state index < -0.39 is 0 Å². The van der Waals surface area contributed by atoms with Crippen molar-refractivity contribution in [3.05, 3.63) is 11.5 Å². The summed E-state index contributed by atoms with van der Waals surface area (Å²) < 4.78 is 4.93. The highest BCUT2D eigenvalue weighted by molar-refractivity contribution is 9.09. The number of hydrogen-bond donors (Lipinski definition) is 1. The van der Waals surface area contributed by atoms with Gasteiger partial charge in [0.05, 0.1) is 5.71 Å². The monoisotopic (exact) mass is 275 g/mol. The molecular weight excluding hydrogens is 258 g/mol. The van der Waals surface area contributed by atoms with Crippen LogP contribution in [0.3, 0.4) is 0 Å². The Hall–Kier alpha value is -1.02. The molecule has 0 saturated carbocycles. The lowest BCUT2D eigenvalue weighted by Gasteiger charge is -2.07. The summed E-state index contributed by atoms with van der Waals surface area (Å²) in [5.74, 6) is 0.251. The highest BCUT2D eigenvalue weighted by Crippen LogP contribution is 2.05. The summed E-state index contributed by atoms with van der Waals surface area (Å²) in [6.07, 6.45) is 0. The number of nitrogens with zero attached hydrogens (tertiary/aromatic N) is 2. The van der Waals surface area contributed by atoms with E-state index in [-0.39, 0.29) is 12.5 Å². The van der Waals surface area contributed by atoms with Gasteiger partial charge in [-0.25, -0.2) is 0 Å². The van der Waals surface area contributed by atoms with E-state index in [4.69, 9.17) is 15.7 Å². The van der Waals surface area contributed by atoms with Crippen LogP contribution in [0.1, 0.15) is 20.8 Å². The highest BCUT2D eigenvalue weighted by atomic mass is 79.9. The lowest BCUT2D eigenvalue weighted by molar-refractivity contribution is 0.246. The zero-order chi connectivity index (χ0) is 12.3. The molecule has 4 nitrogen and oxygen atoms in total. The van der Waals surface area contributed by atoms with Gasteiger partial charge in [0.25, 0.3) is 0 Å². The second-order valence-electron chi connectivity index (χ2n) is 2.24. The number of rotatable bonds is 4. The molecule has 0 spiro atoms. The van der Waals surface area contributed by atoms with Crippen LogP contribution >= 0.6 is 15.9 Å². The summed E-state index contributed by atoms with van der Waals surface area (Å²) in [5, 5.41) is 8.87. The minimum atomic E-state index is -0.0392. The molecule has 0 aliphatic carbocycles. The number of aliphatic imine (C=N–C) groups is 1. The molecule has 86 valence electrons. The Balaban J connectivity index is 0. The van der Waals surface area contributed by atoms with Gasteiger partial charge in [0.2, 0.25) is 0 Å². The largest absolute Gasteiger partial charge is 0.464 e. The van der Waals surface area contributed by atoms with Crippen LogP contribution in [-0.2, 0) is 4.74 Å². The molecule has 0 radical (unpaired) electrons. The van der Waals surface area contributed by atoms with E-state index in [1.165, 1.54) is 0 Å². The van der Waals surface area contributed by atoms with E-state index in [2.05, 4.69) is 20.9 Å². The van der Waals surface area contributed by atoms with E-state index in [0.29, 0.717) is 5.33 Å². The molecule has 0 aliphatic rings. The SMILES string of the molecule is CC.CN=C(CBr)/C(C)=C(\N)OCC#N. The van der Waals surface area contributed by atoms with E-state index in [1.807, 2.05) is 19.9 Å². The first kappa shape index (κ1) is 16.4. The van der Waals surface area contributed by atoms with Gasteiger partial charge in [0.15, 0.2) is 12.5 Å². The molecule has 0 rings (SSSR count). The first-order valence-corrected chi connectivity index (χ1v) is 5.77. The summed E-state index contributed by atoms with van der Waals surface area (Å²) in [4.78, 5) is 4.00. The van der Waals surface area contributed by atoms with Crippen molar-refractivity contribution in [1.29, 1.82) is 5.26 Å². The van der Waals surface area contributed by atoms with Gasteiger partial charge in [-0.2, -0.15) is 5.26 Å². The first-order chi connectivity index (χ1) is 7.17. The van der Waals surface area contributed by atoms with Gasteiger partial charge in [-0.3, -0.25) is 4.99 Å². The van der Waals surface area contributed by atoms with Crippen LogP contribution in [0.15, 0.2) is 16.4 Å². The number of allylic oxidation sites excluding steroid dienone is 1. The summed E-state index contributed by atoms with van der Waals surface area (Å²) in [5.41, 5.74) is 7.13. The van der Waals surface area contributed by atoms with Crippen molar-refractivity contribution in [2.24, 2.45) is 10.7 Å². The molecule has 0 aromatic carbocycles. The third-order valence-electron chi connectivity index (χ3n) is 1.49. The first-order valence-electron chi connectivity index (χ1n) is 4.65.